The number of benzene rings is 1. The van der Waals surface area contributed by atoms with Crippen molar-refractivity contribution in [2.24, 2.45) is 0 Å². The van der Waals surface area contributed by atoms with Gasteiger partial charge in [0.2, 0.25) is 0 Å². The molecule has 0 spiro atoms. The smallest absolute Gasteiger partial charge is 0.350 e. The summed E-state index contributed by atoms with van der Waals surface area (Å²) in [6, 6.07) is 5.60. The molecule has 1 saturated heterocycles. The highest BCUT2D eigenvalue weighted by atomic mass is 16.7. The third kappa shape index (κ3) is 2.90. The van der Waals surface area contributed by atoms with E-state index in [-0.39, 0.29) is 5.57 Å². The maximum Gasteiger partial charge on any atom is 0.350 e. The molecule has 1 aliphatic rings. The zero-order chi connectivity index (χ0) is 16.6. The Balaban J connectivity index is 1.82. The number of fused-ring (bicyclic) bond motifs is 1. The van der Waals surface area contributed by atoms with Crippen LogP contribution >= 0.6 is 0 Å². The third-order valence-corrected chi connectivity index (χ3v) is 3.46. The molecule has 0 atom stereocenters. The molecular weight excluding hydrogens is 298 g/mol. The summed E-state index contributed by atoms with van der Waals surface area (Å²) in [5.74, 6) is -2.66. The Morgan fingerprint density at radius 3 is 2.61 bits per heavy atom. The Morgan fingerprint density at radius 2 is 1.96 bits per heavy atom. The summed E-state index contributed by atoms with van der Waals surface area (Å²) in [5.41, 5.74) is 2.37. The van der Waals surface area contributed by atoms with Crippen molar-refractivity contribution in [2.45, 2.75) is 33.1 Å². The summed E-state index contributed by atoms with van der Waals surface area (Å²) in [7, 11) is 0. The number of aromatic nitrogens is 2. The van der Waals surface area contributed by atoms with Crippen LogP contribution in [0.5, 0.6) is 0 Å². The van der Waals surface area contributed by atoms with Gasteiger partial charge in [-0.25, -0.2) is 14.6 Å². The predicted molar refractivity (Wildman–Crippen MR) is 83.4 cm³/mol. The number of rotatable bonds is 3. The maximum atomic E-state index is 11.8. The van der Waals surface area contributed by atoms with Crippen LogP contribution in [0.25, 0.3) is 11.0 Å². The predicted octanol–water partition coefficient (Wildman–Crippen LogP) is 2.19. The first-order valence-corrected chi connectivity index (χ1v) is 7.28. The van der Waals surface area contributed by atoms with E-state index in [1.807, 2.05) is 29.7 Å². The molecule has 2 aromatic rings. The molecule has 1 aromatic heterocycles. The number of carbonyl (C=O) groups excluding carboxylic acids is 2. The average molecular weight is 315 g/mol. The van der Waals surface area contributed by atoms with Gasteiger partial charge >= 0.3 is 11.9 Å². The second kappa shape index (κ2) is 5.42. The molecule has 0 unspecified atom stereocenters. The van der Waals surface area contributed by atoms with Crippen LogP contribution in [0, 0.1) is 0 Å². The van der Waals surface area contributed by atoms with Gasteiger partial charge in [0, 0.05) is 32.3 Å². The molecule has 1 fully saturated rings. The molecule has 0 amide bonds. The lowest BCUT2D eigenvalue weighted by atomic mass is 10.2. The van der Waals surface area contributed by atoms with Crippen LogP contribution in [0.2, 0.25) is 0 Å². The number of nitrogens with one attached hydrogen (secondary N) is 1. The molecule has 2 heterocycles. The number of anilines is 1. The van der Waals surface area contributed by atoms with Gasteiger partial charge in [0.15, 0.2) is 5.57 Å². The van der Waals surface area contributed by atoms with Crippen molar-refractivity contribution in [1.29, 1.82) is 0 Å². The van der Waals surface area contributed by atoms with Crippen LogP contribution < -0.4 is 5.32 Å². The van der Waals surface area contributed by atoms with Gasteiger partial charge in [0.05, 0.1) is 17.4 Å². The number of cyclic esters (lactones) is 2. The van der Waals surface area contributed by atoms with E-state index in [2.05, 4.69) is 10.3 Å². The van der Waals surface area contributed by atoms with E-state index >= 15 is 0 Å². The van der Waals surface area contributed by atoms with Gasteiger partial charge in [0.1, 0.15) is 0 Å². The van der Waals surface area contributed by atoms with E-state index in [9.17, 15) is 9.59 Å². The molecule has 0 aliphatic carbocycles. The molecule has 7 heteroatoms. The minimum absolute atomic E-state index is 0.177. The molecule has 0 bridgehead atoms. The highest BCUT2D eigenvalue weighted by molar-refractivity contribution is 6.15. The summed E-state index contributed by atoms with van der Waals surface area (Å²) >= 11 is 0. The molecule has 1 N–H and O–H groups in total. The van der Waals surface area contributed by atoms with Crippen LogP contribution in [0.4, 0.5) is 5.69 Å². The number of carbonyl (C=O) groups is 2. The van der Waals surface area contributed by atoms with Gasteiger partial charge in [-0.3, -0.25) is 0 Å². The first kappa shape index (κ1) is 15.1. The Bertz CT molecular complexity index is 798. The minimum atomic E-state index is -1.24. The van der Waals surface area contributed by atoms with Crippen LogP contribution in [0.3, 0.4) is 0 Å². The van der Waals surface area contributed by atoms with Crippen LogP contribution in [0.15, 0.2) is 36.3 Å². The second-order valence-electron chi connectivity index (χ2n) is 5.62. The lowest BCUT2D eigenvalue weighted by Gasteiger charge is -2.29. The van der Waals surface area contributed by atoms with E-state index in [0.29, 0.717) is 5.69 Å². The number of aryl methyl sites for hydroxylation is 1. The van der Waals surface area contributed by atoms with E-state index in [1.165, 1.54) is 20.0 Å². The molecule has 7 nitrogen and oxygen atoms in total. The zero-order valence-electron chi connectivity index (χ0n) is 13.1. The Morgan fingerprint density at radius 1 is 1.26 bits per heavy atom. The first-order valence-electron chi connectivity index (χ1n) is 7.28. The van der Waals surface area contributed by atoms with Crippen molar-refractivity contribution in [3.05, 3.63) is 36.3 Å². The molecule has 120 valence electrons. The minimum Gasteiger partial charge on any atom is -0.419 e. The Hall–Kier alpha value is -2.83. The number of hydrogen-bond acceptors (Lipinski definition) is 6. The van der Waals surface area contributed by atoms with Gasteiger partial charge < -0.3 is 19.4 Å². The molecule has 23 heavy (non-hydrogen) atoms. The van der Waals surface area contributed by atoms with Crippen LogP contribution in [0.1, 0.15) is 20.8 Å². The fraction of sp³-hybridized carbons (Fsp3) is 0.312. The fourth-order valence-electron chi connectivity index (χ4n) is 2.34. The van der Waals surface area contributed by atoms with Gasteiger partial charge in [-0.2, -0.15) is 0 Å². The highest BCUT2D eigenvalue weighted by Gasteiger charge is 2.38. The van der Waals surface area contributed by atoms with Crippen molar-refractivity contribution in [1.82, 2.24) is 9.55 Å². The van der Waals surface area contributed by atoms with Crippen LogP contribution in [-0.4, -0.2) is 27.3 Å². The van der Waals surface area contributed by atoms with E-state index in [1.54, 1.807) is 6.33 Å². The fourth-order valence-corrected chi connectivity index (χ4v) is 2.34. The number of ether oxygens (including phenoxy) is 2. The quantitative estimate of drug-likeness (QED) is 0.531. The number of esters is 2. The lowest BCUT2D eigenvalue weighted by Crippen LogP contribution is -2.42. The van der Waals surface area contributed by atoms with Crippen molar-refractivity contribution < 1.29 is 19.1 Å². The average Bonchev–Trinajstić information content (AvgIpc) is 2.87. The number of imidazole rings is 1. The van der Waals surface area contributed by atoms with Gasteiger partial charge in [-0.15, -0.1) is 0 Å². The highest BCUT2D eigenvalue weighted by Crippen LogP contribution is 2.23. The second-order valence-corrected chi connectivity index (χ2v) is 5.62. The van der Waals surface area contributed by atoms with Gasteiger partial charge in [-0.05, 0) is 25.1 Å². The molecule has 0 radical (unpaired) electrons. The molecule has 0 saturated carbocycles. The summed E-state index contributed by atoms with van der Waals surface area (Å²) in [5, 5.41) is 2.91. The SMILES string of the molecule is CCn1cnc2cc(NC=C3C(=O)OC(C)(C)OC3=O)ccc21. The summed E-state index contributed by atoms with van der Waals surface area (Å²) in [6.07, 6.45) is 3.06. The number of hydrogen-bond donors (Lipinski definition) is 1. The third-order valence-electron chi connectivity index (χ3n) is 3.46. The molecule has 1 aliphatic heterocycles. The molecule has 1 aromatic carbocycles. The van der Waals surface area contributed by atoms with E-state index in [0.717, 1.165) is 17.6 Å². The van der Waals surface area contributed by atoms with Crippen molar-refractivity contribution in [3.8, 4) is 0 Å². The van der Waals surface area contributed by atoms with E-state index < -0.39 is 17.7 Å². The van der Waals surface area contributed by atoms with E-state index in [4.69, 9.17) is 9.47 Å². The van der Waals surface area contributed by atoms with Gasteiger partial charge in [-0.1, -0.05) is 0 Å². The van der Waals surface area contributed by atoms with Crippen molar-refractivity contribution >= 4 is 28.7 Å². The number of nitrogens with zero attached hydrogens (tertiary/aromatic N) is 2. The standard InChI is InChI=1S/C16H17N3O4/c1-4-19-9-18-12-7-10(5-6-13(12)19)17-8-11-14(20)22-16(2,3)23-15(11)21/h5-9,17H,4H2,1-3H3. The lowest BCUT2D eigenvalue weighted by molar-refractivity contribution is -0.222. The van der Waals surface area contributed by atoms with Crippen molar-refractivity contribution in [3.63, 3.8) is 0 Å². The Kier molecular flexibility index (Phi) is 3.55. The van der Waals surface area contributed by atoms with Crippen molar-refractivity contribution in [2.75, 3.05) is 5.32 Å². The summed E-state index contributed by atoms with van der Waals surface area (Å²) in [4.78, 5) is 28.0. The summed E-state index contributed by atoms with van der Waals surface area (Å²) < 4.78 is 12.1. The normalized spacial score (nSPS) is 16.9. The first-order chi connectivity index (χ1) is 10.9. The molecular formula is C16H17N3O4. The Labute approximate surface area is 132 Å². The molecule has 3 rings (SSSR count). The largest absolute Gasteiger partial charge is 0.419 e. The zero-order valence-corrected chi connectivity index (χ0v) is 13.1. The monoisotopic (exact) mass is 315 g/mol. The summed E-state index contributed by atoms with van der Waals surface area (Å²) in [6.45, 7) is 5.89. The topological polar surface area (TPSA) is 82.5 Å². The van der Waals surface area contributed by atoms with Crippen LogP contribution in [-0.2, 0) is 25.6 Å². The van der Waals surface area contributed by atoms with Gasteiger partial charge in [0.25, 0.3) is 5.79 Å². The maximum absolute atomic E-state index is 11.8.